The molecule has 6 nitrogen and oxygen atoms in total. The molecular weight excluding hydrogens is 246 g/mol. The van der Waals surface area contributed by atoms with Crippen LogP contribution in [0.5, 0.6) is 0 Å². The first-order valence-electron chi connectivity index (χ1n) is 6.20. The number of pyridine rings is 1. The highest BCUT2D eigenvalue weighted by molar-refractivity contribution is 5.99. The molecule has 19 heavy (non-hydrogen) atoms. The quantitative estimate of drug-likeness (QED) is 0.801. The molecule has 0 radical (unpaired) electrons. The van der Waals surface area contributed by atoms with Crippen LogP contribution in [0.3, 0.4) is 0 Å². The molecule has 2 rings (SSSR count). The Bertz CT molecular complexity index is 476. The minimum atomic E-state index is -0.483. The summed E-state index contributed by atoms with van der Waals surface area (Å²) in [4.78, 5) is 18.0. The van der Waals surface area contributed by atoms with Gasteiger partial charge in [-0.2, -0.15) is 0 Å². The normalized spacial score (nSPS) is 22.3. The first kappa shape index (κ1) is 13.8. The number of hydrogen-bond acceptors (Lipinski definition) is 5. The van der Waals surface area contributed by atoms with Crippen LogP contribution in [0.25, 0.3) is 0 Å². The van der Waals surface area contributed by atoms with E-state index in [9.17, 15) is 9.90 Å². The van der Waals surface area contributed by atoms with E-state index in [4.69, 9.17) is 10.5 Å². The highest BCUT2D eigenvalue weighted by Crippen LogP contribution is 2.23. The van der Waals surface area contributed by atoms with Gasteiger partial charge < -0.3 is 20.5 Å². The third kappa shape index (κ3) is 3.02. The van der Waals surface area contributed by atoms with E-state index in [2.05, 4.69) is 4.98 Å². The third-order valence-corrected chi connectivity index (χ3v) is 3.05. The Labute approximate surface area is 112 Å². The van der Waals surface area contributed by atoms with Crippen molar-refractivity contribution in [3.63, 3.8) is 0 Å². The Morgan fingerprint density at radius 1 is 1.68 bits per heavy atom. The number of carbonyl (C=O) groups excluding carboxylic acids is 1. The van der Waals surface area contributed by atoms with Crippen LogP contribution in [0.2, 0.25) is 0 Å². The fraction of sp³-hybridized carbons (Fsp3) is 0.538. The summed E-state index contributed by atoms with van der Waals surface area (Å²) in [5.41, 5.74) is 6.08. The molecule has 0 aliphatic carbocycles. The standard InChI is InChI=1S/C13H19N3O3/c1-13(2)8-16(6-9(7-17)19-13)12(18)10-3-4-15-5-11(10)14/h3-5,9,17H,6-8,14H2,1-2H3. The Hall–Kier alpha value is -1.66. The van der Waals surface area contributed by atoms with Gasteiger partial charge >= 0.3 is 0 Å². The number of aliphatic hydroxyl groups is 1. The Morgan fingerprint density at radius 2 is 2.42 bits per heavy atom. The van der Waals surface area contributed by atoms with Crippen molar-refractivity contribution in [1.29, 1.82) is 0 Å². The zero-order chi connectivity index (χ0) is 14.0. The predicted molar refractivity (Wildman–Crippen MR) is 70.6 cm³/mol. The number of carbonyl (C=O) groups is 1. The molecule has 2 heterocycles. The van der Waals surface area contributed by atoms with Gasteiger partial charge in [-0.3, -0.25) is 9.78 Å². The van der Waals surface area contributed by atoms with E-state index in [0.717, 1.165) is 0 Å². The fourth-order valence-corrected chi connectivity index (χ4v) is 2.32. The van der Waals surface area contributed by atoms with Crippen LogP contribution in [0, 0.1) is 0 Å². The maximum Gasteiger partial charge on any atom is 0.256 e. The van der Waals surface area contributed by atoms with E-state index >= 15 is 0 Å². The van der Waals surface area contributed by atoms with Crippen molar-refractivity contribution >= 4 is 11.6 Å². The first-order chi connectivity index (χ1) is 8.93. The van der Waals surface area contributed by atoms with Crippen LogP contribution in [0.4, 0.5) is 5.69 Å². The van der Waals surface area contributed by atoms with Gasteiger partial charge in [0.05, 0.1) is 35.8 Å². The van der Waals surface area contributed by atoms with Crippen LogP contribution in [-0.4, -0.2) is 52.3 Å². The SMILES string of the molecule is CC1(C)CN(C(=O)c2ccncc2N)CC(CO)O1. The van der Waals surface area contributed by atoms with Gasteiger partial charge in [0.1, 0.15) is 0 Å². The van der Waals surface area contributed by atoms with Gasteiger partial charge in [0.2, 0.25) is 0 Å². The number of morpholine rings is 1. The smallest absolute Gasteiger partial charge is 0.256 e. The van der Waals surface area contributed by atoms with E-state index in [1.165, 1.54) is 6.20 Å². The molecule has 1 aromatic rings. The van der Waals surface area contributed by atoms with Crippen molar-refractivity contribution < 1.29 is 14.6 Å². The number of nitrogen functional groups attached to an aromatic ring is 1. The van der Waals surface area contributed by atoms with Gasteiger partial charge in [-0.1, -0.05) is 0 Å². The Kier molecular flexibility index (Phi) is 3.73. The molecule has 1 amide bonds. The Balaban J connectivity index is 2.21. The summed E-state index contributed by atoms with van der Waals surface area (Å²) in [6.07, 6.45) is 2.64. The molecule has 0 aromatic carbocycles. The number of amides is 1. The van der Waals surface area contributed by atoms with E-state index < -0.39 is 5.60 Å². The van der Waals surface area contributed by atoms with E-state index in [-0.39, 0.29) is 18.6 Å². The highest BCUT2D eigenvalue weighted by Gasteiger charge is 2.35. The molecule has 1 aliphatic heterocycles. The molecular formula is C13H19N3O3. The van der Waals surface area contributed by atoms with Crippen molar-refractivity contribution in [2.24, 2.45) is 0 Å². The van der Waals surface area contributed by atoms with Crippen LogP contribution in [0.1, 0.15) is 24.2 Å². The number of anilines is 1. The number of ether oxygens (including phenoxy) is 1. The molecule has 6 heteroatoms. The molecule has 1 aromatic heterocycles. The summed E-state index contributed by atoms with van der Waals surface area (Å²) in [7, 11) is 0. The number of nitrogens with zero attached hydrogens (tertiary/aromatic N) is 2. The van der Waals surface area contributed by atoms with E-state index in [0.29, 0.717) is 24.3 Å². The van der Waals surface area contributed by atoms with Gasteiger partial charge in [-0.25, -0.2) is 0 Å². The molecule has 1 atom stereocenters. The largest absolute Gasteiger partial charge is 0.397 e. The predicted octanol–water partition coefficient (Wildman–Crippen LogP) is 0.276. The zero-order valence-electron chi connectivity index (χ0n) is 11.2. The lowest BCUT2D eigenvalue weighted by atomic mass is 10.0. The number of aromatic nitrogens is 1. The molecule has 0 saturated carbocycles. The molecule has 0 spiro atoms. The van der Waals surface area contributed by atoms with Crippen molar-refractivity contribution in [1.82, 2.24) is 9.88 Å². The lowest BCUT2D eigenvalue weighted by Gasteiger charge is -2.42. The van der Waals surface area contributed by atoms with Crippen LogP contribution >= 0.6 is 0 Å². The minimum Gasteiger partial charge on any atom is -0.397 e. The maximum atomic E-state index is 12.5. The van der Waals surface area contributed by atoms with Crippen LogP contribution in [-0.2, 0) is 4.74 Å². The van der Waals surface area contributed by atoms with Crippen molar-refractivity contribution in [3.8, 4) is 0 Å². The second-order valence-corrected chi connectivity index (χ2v) is 5.33. The molecule has 1 unspecified atom stereocenters. The second kappa shape index (κ2) is 5.14. The molecule has 1 fully saturated rings. The van der Waals surface area contributed by atoms with Gasteiger partial charge in [0.15, 0.2) is 0 Å². The van der Waals surface area contributed by atoms with Gasteiger partial charge in [0, 0.05) is 19.3 Å². The summed E-state index contributed by atoms with van der Waals surface area (Å²) >= 11 is 0. The number of aliphatic hydroxyl groups excluding tert-OH is 1. The fourth-order valence-electron chi connectivity index (χ4n) is 2.32. The maximum absolute atomic E-state index is 12.5. The van der Waals surface area contributed by atoms with E-state index in [1.54, 1.807) is 17.2 Å². The average molecular weight is 265 g/mol. The van der Waals surface area contributed by atoms with Crippen molar-refractivity contribution in [3.05, 3.63) is 24.0 Å². The molecule has 1 aliphatic rings. The number of rotatable bonds is 2. The second-order valence-electron chi connectivity index (χ2n) is 5.33. The monoisotopic (exact) mass is 265 g/mol. The number of hydrogen-bond donors (Lipinski definition) is 2. The number of nitrogens with two attached hydrogens (primary N) is 1. The summed E-state index contributed by atoms with van der Waals surface area (Å²) in [6.45, 7) is 4.50. The lowest BCUT2D eigenvalue weighted by Crippen LogP contribution is -2.55. The first-order valence-corrected chi connectivity index (χ1v) is 6.20. The molecule has 1 saturated heterocycles. The summed E-state index contributed by atoms with van der Waals surface area (Å²) in [6, 6.07) is 1.61. The molecule has 0 bridgehead atoms. The summed E-state index contributed by atoms with van der Waals surface area (Å²) < 4.78 is 5.68. The van der Waals surface area contributed by atoms with Gasteiger partial charge in [-0.15, -0.1) is 0 Å². The summed E-state index contributed by atoms with van der Waals surface area (Å²) in [5.74, 6) is -0.158. The lowest BCUT2D eigenvalue weighted by molar-refractivity contribution is -0.139. The van der Waals surface area contributed by atoms with Crippen molar-refractivity contribution in [2.45, 2.75) is 25.6 Å². The van der Waals surface area contributed by atoms with Crippen LogP contribution in [0.15, 0.2) is 18.5 Å². The highest BCUT2D eigenvalue weighted by atomic mass is 16.5. The zero-order valence-corrected chi connectivity index (χ0v) is 11.2. The molecule has 104 valence electrons. The average Bonchev–Trinajstić information content (AvgIpc) is 2.36. The third-order valence-electron chi connectivity index (χ3n) is 3.05. The minimum absolute atomic E-state index is 0.112. The van der Waals surface area contributed by atoms with Crippen molar-refractivity contribution in [2.75, 3.05) is 25.4 Å². The van der Waals surface area contributed by atoms with Gasteiger partial charge in [0.25, 0.3) is 5.91 Å². The Morgan fingerprint density at radius 3 is 3.05 bits per heavy atom. The topological polar surface area (TPSA) is 88.7 Å². The molecule has 3 N–H and O–H groups in total. The van der Waals surface area contributed by atoms with Crippen LogP contribution < -0.4 is 5.73 Å². The van der Waals surface area contributed by atoms with E-state index in [1.807, 2.05) is 13.8 Å². The summed E-state index contributed by atoms with van der Waals surface area (Å²) in [5, 5.41) is 9.25. The van der Waals surface area contributed by atoms with Gasteiger partial charge in [-0.05, 0) is 19.9 Å².